The third-order valence-corrected chi connectivity index (χ3v) is 5.13. The summed E-state index contributed by atoms with van der Waals surface area (Å²) in [4.78, 5) is 16.6. The minimum atomic E-state index is -0.260. The van der Waals surface area contributed by atoms with Gasteiger partial charge in [-0.05, 0) is 31.5 Å². The van der Waals surface area contributed by atoms with Crippen LogP contribution in [-0.4, -0.2) is 55.0 Å². The monoisotopic (exact) mass is 411 g/mol. The number of piperidine rings is 1. The van der Waals surface area contributed by atoms with Gasteiger partial charge in [-0.2, -0.15) is 0 Å². The SMILES string of the molecule is Cl.Cl.O=C(C1CCCNC1)N1CCN(Cc2c(F)cccc2Cl)CC1. The summed E-state index contributed by atoms with van der Waals surface area (Å²) in [5.41, 5.74) is 0.547. The van der Waals surface area contributed by atoms with E-state index in [0.29, 0.717) is 30.2 Å². The van der Waals surface area contributed by atoms with Crippen molar-refractivity contribution in [2.24, 2.45) is 5.92 Å². The number of carbonyl (C=O) groups is 1. The first-order chi connectivity index (χ1) is 11.1. The Morgan fingerprint density at radius 2 is 1.96 bits per heavy atom. The number of carbonyl (C=O) groups excluding carboxylic acids is 1. The minimum absolute atomic E-state index is 0. The Bertz CT molecular complexity index is 542. The van der Waals surface area contributed by atoms with Crippen LogP contribution in [0.15, 0.2) is 18.2 Å². The first-order valence-electron chi connectivity index (χ1n) is 8.30. The molecule has 2 saturated heterocycles. The number of nitrogens with one attached hydrogen (secondary N) is 1. The molecule has 1 unspecified atom stereocenters. The highest BCUT2D eigenvalue weighted by Gasteiger charge is 2.28. The van der Waals surface area contributed by atoms with E-state index in [2.05, 4.69) is 10.2 Å². The van der Waals surface area contributed by atoms with Gasteiger partial charge in [0.25, 0.3) is 0 Å². The first kappa shape index (κ1) is 22.5. The van der Waals surface area contributed by atoms with Crippen LogP contribution in [-0.2, 0) is 11.3 Å². The number of hydrogen-bond donors (Lipinski definition) is 1. The van der Waals surface area contributed by atoms with Gasteiger partial charge in [0.1, 0.15) is 5.82 Å². The normalized spacial score (nSPS) is 21.2. The molecule has 2 heterocycles. The fraction of sp³-hybridized carbons (Fsp3) is 0.588. The Kier molecular flexibility index (Phi) is 9.46. The number of hydrogen-bond acceptors (Lipinski definition) is 3. The summed E-state index contributed by atoms with van der Waals surface area (Å²) in [6.45, 7) is 5.25. The molecule has 0 aromatic heterocycles. The third kappa shape index (κ3) is 5.69. The van der Waals surface area contributed by atoms with Crippen LogP contribution >= 0.6 is 36.4 Å². The molecule has 25 heavy (non-hydrogen) atoms. The Morgan fingerprint density at radius 3 is 2.56 bits per heavy atom. The van der Waals surface area contributed by atoms with Crippen molar-refractivity contribution < 1.29 is 9.18 Å². The van der Waals surface area contributed by atoms with Crippen molar-refractivity contribution in [2.45, 2.75) is 19.4 Å². The van der Waals surface area contributed by atoms with Crippen LogP contribution in [0.2, 0.25) is 5.02 Å². The molecule has 1 N–H and O–H groups in total. The lowest BCUT2D eigenvalue weighted by Crippen LogP contribution is -2.51. The van der Waals surface area contributed by atoms with E-state index in [1.54, 1.807) is 12.1 Å². The van der Waals surface area contributed by atoms with Gasteiger partial charge in [-0.25, -0.2) is 4.39 Å². The number of amides is 1. The Morgan fingerprint density at radius 1 is 1.24 bits per heavy atom. The van der Waals surface area contributed by atoms with Crippen molar-refractivity contribution in [3.63, 3.8) is 0 Å². The highest BCUT2D eigenvalue weighted by molar-refractivity contribution is 6.31. The summed E-state index contributed by atoms with van der Waals surface area (Å²) in [6, 6.07) is 4.78. The topological polar surface area (TPSA) is 35.6 Å². The van der Waals surface area contributed by atoms with Gasteiger partial charge >= 0.3 is 0 Å². The highest BCUT2D eigenvalue weighted by Crippen LogP contribution is 2.22. The average Bonchev–Trinajstić information content (AvgIpc) is 2.59. The summed E-state index contributed by atoms with van der Waals surface area (Å²) in [7, 11) is 0. The molecule has 2 aliphatic rings. The zero-order chi connectivity index (χ0) is 16.2. The quantitative estimate of drug-likeness (QED) is 0.829. The van der Waals surface area contributed by atoms with Gasteiger partial charge in [0.15, 0.2) is 0 Å². The van der Waals surface area contributed by atoms with Crippen LogP contribution < -0.4 is 5.32 Å². The molecular formula is C17H25Cl3FN3O. The molecule has 8 heteroatoms. The van der Waals surface area contributed by atoms with E-state index >= 15 is 0 Å². The van der Waals surface area contributed by atoms with Crippen molar-refractivity contribution in [3.05, 3.63) is 34.6 Å². The average molecular weight is 413 g/mol. The maximum atomic E-state index is 13.9. The number of nitrogens with zero attached hydrogens (tertiary/aromatic N) is 2. The molecule has 4 nitrogen and oxygen atoms in total. The number of rotatable bonds is 3. The molecule has 2 fully saturated rings. The largest absolute Gasteiger partial charge is 0.340 e. The van der Waals surface area contributed by atoms with Gasteiger partial charge in [0, 0.05) is 49.9 Å². The van der Waals surface area contributed by atoms with Crippen LogP contribution in [0.5, 0.6) is 0 Å². The number of halogens is 4. The summed E-state index contributed by atoms with van der Waals surface area (Å²) >= 11 is 6.09. The molecule has 1 amide bonds. The molecule has 1 atom stereocenters. The Balaban J connectivity index is 0.00000156. The van der Waals surface area contributed by atoms with Crippen LogP contribution in [0.25, 0.3) is 0 Å². The predicted molar refractivity (Wildman–Crippen MR) is 103 cm³/mol. The molecule has 3 rings (SSSR count). The molecule has 0 saturated carbocycles. The lowest BCUT2D eigenvalue weighted by Gasteiger charge is -2.37. The standard InChI is InChI=1S/C17H23ClFN3O.2ClH/c18-15-4-1-5-16(19)14(15)12-21-7-9-22(10-8-21)17(23)13-3-2-6-20-11-13;;/h1,4-5,13,20H,2-3,6-12H2;2*1H. The minimum Gasteiger partial charge on any atom is -0.340 e. The molecule has 0 bridgehead atoms. The molecule has 0 aliphatic carbocycles. The van der Waals surface area contributed by atoms with E-state index in [4.69, 9.17) is 11.6 Å². The molecule has 0 spiro atoms. The van der Waals surface area contributed by atoms with Crippen LogP contribution in [0.4, 0.5) is 4.39 Å². The highest BCUT2D eigenvalue weighted by atomic mass is 35.5. The van der Waals surface area contributed by atoms with Crippen LogP contribution in [0.1, 0.15) is 18.4 Å². The number of piperazine rings is 1. The first-order valence-corrected chi connectivity index (χ1v) is 8.67. The second-order valence-corrected chi connectivity index (χ2v) is 6.75. The van der Waals surface area contributed by atoms with Crippen molar-refractivity contribution in [1.29, 1.82) is 0 Å². The zero-order valence-corrected chi connectivity index (χ0v) is 16.4. The van der Waals surface area contributed by atoms with E-state index < -0.39 is 0 Å². The van der Waals surface area contributed by atoms with E-state index in [0.717, 1.165) is 39.0 Å². The Hall–Kier alpha value is -0.590. The maximum absolute atomic E-state index is 13.9. The lowest BCUT2D eigenvalue weighted by molar-refractivity contribution is -0.137. The van der Waals surface area contributed by atoms with Gasteiger partial charge in [-0.3, -0.25) is 9.69 Å². The molecule has 2 aliphatic heterocycles. The van der Waals surface area contributed by atoms with Crippen LogP contribution in [0, 0.1) is 11.7 Å². The molecule has 1 aromatic rings. The lowest BCUT2D eigenvalue weighted by atomic mass is 9.98. The third-order valence-electron chi connectivity index (χ3n) is 4.77. The molecule has 0 radical (unpaired) electrons. The van der Waals surface area contributed by atoms with Crippen LogP contribution in [0.3, 0.4) is 0 Å². The van der Waals surface area contributed by atoms with Gasteiger partial charge in [0.2, 0.25) is 5.91 Å². The predicted octanol–water partition coefficient (Wildman–Crippen LogP) is 2.97. The van der Waals surface area contributed by atoms with Crippen molar-refractivity contribution >= 4 is 42.3 Å². The maximum Gasteiger partial charge on any atom is 0.227 e. The van der Waals surface area contributed by atoms with Crippen molar-refractivity contribution in [3.8, 4) is 0 Å². The Labute approximate surface area is 165 Å². The zero-order valence-electron chi connectivity index (χ0n) is 14.0. The van der Waals surface area contributed by atoms with Gasteiger partial charge in [-0.15, -0.1) is 24.8 Å². The fourth-order valence-corrected chi connectivity index (χ4v) is 3.58. The van der Waals surface area contributed by atoms with Gasteiger partial charge in [0.05, 0.1) is 5.92 Å². The second kappa shape index (κ2) is 10.5. The summed E-state index contributed by atoms with van der Waals surface area (Å²) in [6.07, 6.45) is 2.05. The van der Waals surface area contributed by atoms with Crippen molar-refractivity contribution in [2.75, 3.05) is 39.3 Å². The van der Waals surface area contributed by atoms with E-state index in [-0.39, 0.29) is 42.5 Å². The van der Waals surface area contributed by atoms with Crippen molar-refractivity contribution in [1.82, 2.24) is 15.1 Å². The van der Waals surface area contributed by atoms with Gasteiger partial charge < -0.3 is 10.2 Å². The van der Waals surface area contributed by atoms with Gasteiger partial charge in [-0.1, -0.05) is 17.7 Å². The van der Waals surface area contributed by atoms with E-state index in [1.165, 1.54) is 6.07 Å². The summed E-state index contributed by atoms with van der Waals surface area (Å²) < 4.78 is 13.9. The molecule has 142 valence electrons. The summed E-state index contributed by atoms with van der Waals surface area (Å²) in [5.74, 6) is 0.126. The second-order valence-electron chi connectivity index (χ2n) is 6.34. The van der Waals surface area contributed by atoms with E-state index in [9.17, 15) is 9.18 Å². The number of benzene rings is 1. The van der Waals surface area contributed by atoms with E-state index in [1.807, 2.05) is 4.90 Å². The smallest absolute Gasteiger partial charge is 0.227 e. The molecular weight excluding hydrogens is 388 g/mol. The summed E-state index contributed by atoms with van der Waals surface area (Å²) in [5, 5.41) is 3.76. The molecule has 1 aromatic carbocycles. The fourth-order valence-electron chi connectivity index (χ4n) is 3.35.